The Morgan fingerprint density at radius 2 is 0.848 bits per heavy atom. The highest BCUT2D eigenvalue weighted by Gasteiger charge is 2.20. The van der Waals surface area contributed by atoms with Gasteiger partial charge in [0.05, 0.1) is 0 Å². The lowest BCUT2D eigenvalue weighted by molar-refractivity contribution is 1.29. The van der Waals surface area contributed by atoms with Crippen LogP contribution >= 0.6 is 11.3 Å². The van der Waals surface area contributed by atoms with E-state index in [0.29, 0.717) is 0 Å². The minimum absolute atomic E-state index is 1.10. The Kier molecular flexibility index (Phi) is 9.11. The molecule has 1 aromatic heterocycles. The van der Waals surface area contributed by atoms with Gasteiger partial charge in [-0.1, -0.05) is 194 Å². The maximum Gasteiger partial charge on any atom is 0.0468 e. The average Bonchev–Trinajstić information content (AvgIpc) is 3.77. The molecular formula is C64H41NS. The smallest absolute Gasteiger partial charge is 0.0468 e. The summed E-state index contributed by atoms with van der Waals surface area (Å²) in [6, 6.07) is 91.6. The summed E-state index contributed by atoms with van der Waals surface area (Å²) >= 11 is 1.88. The molecule has 0 aliphatic rings. The molecule has 0 aliphatic heterocycles. The van der Waals surface area contributed by atoms with Gasteiger partial charge in [-0.05, 0) is 142 Å². The maximum absolute atomic E-state index is 2.44. The van der Waals surface area contributed by atoms with Crippen molar-refractivity contribution in [2.75, 3.05) is 4.90 Å². The molecule has 1 heterocycles. The molecule has 1 nitrogen and oxygen atoms in total. The van der Waals surface area contributed by atoms with Crippen molar-refractivity contribution in [1.29, 1.82) is 0 Å². The maximum atomic E-state index is 2.44. The zero-order valence-corrected chi connectivity index (χ0v) is 36.8. The van der Waals surface area contributed by atoms with Crippen LogP contribution in [0, 0.1) is 0 Å². The van der Waals surface area contributed by atoms with Crippen LogP contribution in [0.15, 0.2) is 249 Å². The number of benzene rings is 12. The van der Waals surface area contributed by atoms with Crippen LogP contribution in [0.5, 0.6) is 0 Å². The van der Waals surface area contributed by atoms with E-state index < -0.39 is 0 Å². The Bertz CT molecular complexity index is 3990. The van der Waals surface area contributed by atoms with Crippen LogP contribution in [-0.2, 0) is 0 Å². The lowest BCUT2D eigenvalue weighted by Crippen LogP contribution is -2.10. The molecule has 0 fully saturated rings. The van der Waals surface area contributed by atoms with Crippen LogP contribution < -0.4 is 4.90 Å². The Morgan fingerprint density at radius 3 is 1.70 bits per heavy atom. The van der Waals surface area contributed by atoms with Crippen LogP contribution in [-0.4, -0.2) is 0 Å². The molecule has 12 aromatic carbocycles. The van der Waals surface area contributed by atoms with Crippen molar-refractivity contribution in [2.45, 2.75) is 0 Å². The van der Waals surface area contributed by atoms with Crippen LogP contribution in [0.4, 0.5) is 17.1 Å². The summed E-state index contributed by atoms with van der Waals surface area (Å²) in [6.07, 6.45) is 0. The quantitative estimate of drug-likeness (QED) is 0.144. The number of hydrogen-bond acceptors (Lipinski definition) is 2. The van der Waals surface area contributed by atoms with Crippen LogP contribution in [0.2, 0.25) is 0 Å². The van der Waals surface area contributed by atoms with E-state index in [4.69, 9.17) is 0 Å². The molecule has 0 unspecified atom stereocenters. The summed E-state index contributed by atoms with van der Waals surface area (Å²) in [4.78, 5) is 2.44. The van der Waals surface area contributed by atoms with Crippen molar-refractivity contribution in [3.05, 3.63) is 249 Å². The lowest BCUT2D eigenvalue weighted by atomic mass is 9.92. The van der Waals surface area contributed by atoms with E-state index >= 15 is 0 Å². The zero-order chi connectivity index (χ0) is 43.6. The van der Waals surface area contributed by atoms with E-state index in [2.05, 4.69) is 254 Å². The molecule has 0 saturated carbocycles. The highest BCUT2D eigenvalue weighted by Crippen LogP contribution is 2.46. The molecule has 0 saturated heterocycles. The van der Waals surface area contributed by atoms with E-state index in [9.17, 15) is 0 Å². The molecule has 2 heteroatoms. The van der Waals surface area contributed by atoms with Crippen molar-refractivity contribution in [3.8, 4) is 44.5 Å². The summed E-state index contributed by atoms with van der Waals surface area (Å²) < 4.78 is 2.62. The first-order valence-electron chi connectivity index (χ1n) is 22.6. The molecular weight excluding hydrogens is 815 g/mol. The number of nitrogens with zero attached hydrogens (tertiary/aromatic N) is 1. The molecule has 0 N–H and O–H groups in total. The summed E-state index contributed by atoms with van der Waals surface area (Å²) in [6.45, 7) is 0. The van der Waals surface area contributed by atoms with Crippen molar-refractivity contribution < 1.29 is 0 Å². The zero-order valence-electron chi connectivity index (χ0n) is 36.0. The van der Waals surface area contributed by atoms with E-state index in [1.54, 1.807) is 0 Å². The molecule has 13 rings (SSSR count). The largest absolute Gasteiger partial charge is 0.310 e. The highest BCUT2D eigenvalue weighted by atomic mass is 32.1. The van der Waals surface area contributed by atoms with Gasteiger partial charge in [-0.2, -0.15) is 0 Å². The van der Waals surface area contributed by atoms with Gasteiger partial charge in [-0.3, -0.25) is 0 Å². The minimum atomic E-state index is 1.10. The van der Waals surface area contributed by atoms with Crippen molar-refractivity contribution >= 4 is 91.7 Å². The van der Waals surface area contributed by atoms with E-state index in [1.165, 1.54) is 102 Å². The summed E-state index contributed by atoms with van der Waals surface area (Å²) in [5.74, 6) is 0. The predicted octanol–water partition coefficient (Wildman–Crippen LogP) is 18.8. The van der Waals surface area contributed by atoms with Crippen molar-refractivity contribution in [1.82, 2.24) is 0 Å². The molecule has 0 spiro atoms. The number of rotatable bonds is 7. The van der Waals surface area contributed by atoms with Crippen molar-refractivity contribution in [3.63, 3.8) is 0 Å². The van der Waals surface area contributed by atoms with Gasteiger partial charge in [0.25, 0.3) is 0 Å². The molecule has 66 heavy (non-hydrogen) atoms. The Labute approximate surface area is 387 Å². The van der Waals surface area contributed by atoms with Gasteiger partial charge in [-0.25, -0.2) is 0 Å². The first-order chi connectivity index (χ1) is 32.7. The standard InChI is InChI=1S/C64H41NS/c1-2-14-44(15-3-1)61-40-52(32-35-55(61)50-30-27-42-13-4-5-17-47(42)37-50)65(53-33-36-63-62(41-53)59-34-31-45-16-6-9-22-56(45)64(59)66-63)51-20-12-19-48(38-51)43-25-28-46(29-26-43)60-39-49-18-7-8-21-54(49)57-23-10-11-24-58(57)60/h1-41H. The van der Waals surface area contributed by atoms with E-state index in [-0.39, 0.29) is 0 Å². The fourth-order valence-electron chi connectivity index (χ4n) is 10.2. The monoisotopic (exact) mass is 855 g/mol. The second kappa shape index (κ2) is 15.7. The van der Waals surface area contributed by atoms with Gasteiger partial charge >= 0.3 is 0 Å². The Balaban J connectivity index is 0.969. The predicted molar refractivity (Wildman–Crippen MR) is 286 cm³/mol. The average molecular weight is 856 g/mol. The fraction of sp³-hybridized carbons (Fsp3) is 0. The van der Waals surface area contributed by atoms with Gasteiger partial charge in [0.15, 0.2) is 0 Å². The molecule has 0 aliphatic carbocycles. The van der Waals surface area contributed by atoms with Gasteiger partial charge in [0, 0.05) is 37.2 Å². The molecule has 0 radical (unpaired) electrons. The Morgan fingerprint density at radius 1 is 0.242 bits per heavy atom. The van der Waals surface area contributed by atoms with E-state index in [0.717, 1.165) is 22.6 Å². The minimum Gasteiger partial charge on any atom is -0.310 e. The number of hydrogen-bond donors (Lipinski definition) is 0. The van der Waals surface area contributed by atoms with Gasteiger partial charge < -0.3 is 4.90 Å². The third kappa shape index (κ3) is 6.53. The summed E-state index contributed by atoms with van der Waals surface area (Å²) in [5, 5.41) is 12.7. The fourth-order valence-corrected chi connectivity index (χ4v) is 11.4. The van der Waals surface area contributed by atoms with Crippen LogP contribution in [0.3, 0.4) is 0 Å². The van der Waals surface area contributed by atoms with Gasteiger partial charge in [0.2, 0.25) is 0 Å². The molecule has 308 valence electrons. The number of anilines is 3. The molecule has 0 atom stereocenters. The molecule has 13 aromatic rings. The normalized spacial score (nSPS) is 11.6. The van der Waals surface area contributed by atoms with Crippen LogP contribution in [0.1, 0.15) is 0 Å². The highest BCUT2D eigenvalue weighted by molar-refractivity contribution is 7.26. The first kappa shape index (κ1) is 38.2. The number of fused-ring (bicyclic) bond motifs is 9. The van der Waals surface area contributed by atoms with Crippen LogP contribution in [0.25, 0.3) is 108 Å². The second-order valence-corrected chi connectivity index (χ2v) is 18.3. The Hall–Kier alpha value is -8.30. The summed E-state index contributed by atoms with van der Waals surface area (Å²) in [5.41, 5.74) is 12.9. The third-order valence-corrected chi connectivity index (χ3v) is 14.6. The molecule has 0 amide bonds. The molecule has 0 bridgehead atoms. The number of thiophene rings is 1. The lowest BCUT2D eigenvalue weighted by Gasteiger charge is -2.27. The topological polar surface area (TPSA) is 3.24 Å². The third-order valence-electron chi connectivity index (χ3n) is 13.4. The van der Waals surface area contributed by atoms with Crippen molar-refractivity contribution in [2.24, 2.45) is 0 Å². The SMILES string of the molecule is c1ccc(-c2cc(N(c3cccc(-c4ccc(-c5cc6ccccc6c6ccccc56)cc4)c3)c3ccc4sc5c6ccccc6ccc5c4c3)ccc2-c2ccc3ccccc3c2)cc1. The second-order valence-electron chi connectivity index (χ2n) is 17.3. The van der Waals surface area contributed by atoms with Gasteiger partial charge in [-0.15, -0.1) is 11.3 Å². The van der Waals surface area contributed by atoms with Gasteiger partial charge in [0.1, 0.15) is 0 Å². The summed E-state index contributed by atoms with van der Waals surface area (Å²) in [7, 11) is 0. The first-order valence-corrected chi connectivity index (χ1v) is 23.5. The van der Waals surface area contributed by atoms with E-state index in [1.807, 2.05) is 11.3 Å².